The summed E-state index contributed by atoms with van der Waals surface area (Å²) in [5, 5.41) is 0. The highest BCUT2D eigenvalue weighted by atomic mass is 16.2. The monoisotopic (exact) mass is 391 g/mol. The summed E-state index contributed by atoms with van der Waals surface area (Å²) in [6.07, 6.45) is 0.380. The van der Waals surface area contributed by atoms with Gasteiger partial charge in [0, 0.05) is 13.1 Å². The van der Waals surface area contributed by atoms with Crippen molar-refractivity contribution in [3.05, 3.63) is 132 Å². The van der Waals surface area contributed by atoms with Crippen LogP contribution in [0.1, 0.15) is 16.7 Å². The summed E-state index contributed by atoms with van der Waals surface area (Å²) in [6, 6.07) is 38.8. The van der Waals surface area contributed by atoms with Gasteiger partial charge in [-0.15, -0.1) is 0 Å². The smallest absolute Gasteiger partial charge is 0.227 e. The van der Waals surface area contributed by atoms with Crippen molar-refractivity contribution >= 4 is 5.91 Å². The molecule has 0 spiro atoms. The molecule has 4 rings (SSSR count). The zero-order valence-electron chi connectivity index (χ0n) is 16.9. The van der Waals surface area contributed by atoms with Crippen LogP contribution in [0.25, 0.3) is 11.1 Å². The maximum atomic E-state index is 13.4. The van der Waals surface area contributed by atoms with Crippen LogP contribution in [0.5, 0.6) is 0 Å². The average molecular weight is 392 g/mol. The van der Waals surface area contributed by atoms with Crippen molar-refractivity contribution < 1.29 is 4.79 Å². The highest BCUT2D eigenvalue weighted by molar-refractivity contribution is 5.82. The van der Waals surface area contributed by atoms with Crippen molar-refractivity contribution in [3.63, 3.8) is 0 Å². The van der Waals surface area contributed by atoms with Gasteiger partial charge in [-0.2, -0.15) is 0 Å². The SMILES string of the molecule is O=C(Cc1ccccc1-c1ccccc1)N(Cc1ccccc1)Cc1ccccc1. The molecule has 1 amide bonds. The Hall–Kier alpha value is -3.65. The highest BCUT2D eigenvalue weighted by Crippen LogP contribution is 2.24. The van der Waals surface area contributed by atoms with Crippen molar-refractivity contribution in [3.8, 4) is 11.1 Å². The molecule has 0 radical (unpaired) electrons. The summed E-state index contributed by atoms with van der Waals surface area (Å²) in [7, 11) is 0. The van der Waals surface area contributed by atoms with E-state index < -0.39 is 0 Å². The Morgan fingerprint density at radius 2 is 1.03 bits per heavy atom. The van der Waals surface area contributed by atoms with E-state index in [1.165, 1.54) is 0 Å². The van der Waals surface area contributed by atoms with Gasteiger partial charge in [-0.05, 0) is 27.8 Å². The number of benzene rings is 4. The van der Waals surface area contributed by atoms with E-state index in [0.29, 0.717) is 19.5 Å². The summed E-state index contributed by atoms with van der Waals surface area (Å²) in [6.45, 7) is 1.20. The lowest BCUT2D eigenvalue weighted by atomic mass is 9.97. The predicted molar refractivity (Wildman–Crippen MR) is 123 cm³/mol. The van der Waals surface area contributed by atoms with Gasteiger partial charge in [0.2, 0.25) is 5.91 Å². The Morgan fingerprint density at radius 3 is 1.60 bits per heavy atom. The molecule has 30 heavy (non-hydrogen) atoms. The van der Waals surface area contributed by atoms with Gasteiger partial charge in [0.25, 0.3) is 0 Å². The first-order valence-electron chi connectivity index (χ1n) is 10.3. The van der Waals surface area contributed by atoms with E-state index in [2.05, 4.69) is 48.5 Å². The molecule has 0 N–H and O–H groups in total. The molecule has 0 aliphatic heterocycles. The van der Waals surface area contributed by atoms with Gasteiger partial charge in [-0.1, -0.05) is 115 Å². The Kier molecular flexibility index (Phi) is 6.36. The molecule has 0 saturated carbocycles. The van der Waals surface area contributed by atoms with E-state index in [1.807, 2.05) is 71.6 Å². The highest BCUT2D eigenvalue weighted by Gasteiger charge is 2.17. The standard InChI is InChI=1S/C28H25NO/c30-28(20-26-18-10-11-19-27(26)25-16-8-3-9-17-25)29(21-23-12-4-1-5-13-23)22-24-14-6-2-7-15-24/h1-19H,20-22H2. The molecule has 0 saturated heterocycles. The summed E-state index contributed by atoms with van der Waals surface area (Å²) in [5.74, 6) is 0.131. The van der Waals surface area contributed by atoms with Crippen LogP contribution in [0.3, 0.4) is 0 Å². The minimum Gasteiger partial charge on any atom is -0.334 e. The van der Waals surface area contributed by atoms with Crippen LogP contribution in [-0.4, -0.2) is 10.8 Å². The third-order valence-corrected chi connectivity index (χ3v) is 5.23. The average Bonchev–Trinajstić information content (AvgIpc) is 2.81. The molecule has 4 aromatic rings. The molecule has 0 atom stereocenters. The number of amides is 1. The third kappa shape index (κ3) is 5.03. The maximum Gasteiger partial charge on any atom is 0.227 e. The summed E-state index contributed by atoms with van der Waals surface area (Å²) >= 11 is 0. The molecule has 0 fully saturated rings. The number of carbonyl (C=O) groups excluding carboxylic acids is 1. The summed E-state index contributed by atoms with van der Waals surface area (Å²) in [5.41, 5.74) is 5.58. The molecular weight excluding hydrogens is 366 g/mol. The lowest BCUT2D eigenvalue weighted by Gasteiger charge is -2.24. The molecule has 2 nitrogen and oxygen atoms in total. The van der Waals surface area contributed by atoms with Crippen LogP contribution >= 0.6 is 0 Å². The van der Waals surface area contributed by atoms with Crippen LogP contribution in [0.4, 0.5) is 0 Å². The van der Waals surface area contributed by atoms with Crippen LogP contribution in [-0.2, 0) is 24.3 Å². The topological polar surface area (TPSA) is 20.3 Å². The molecule has 148 valence electrons. The van der Waals surface area contributed by atoms with Crippen molar-refractivity contribution in [1.29, 1.82) is 0 Å². The van der Waals surface area contributed by atoms with E-state index in [9.17, 15) is 4.79 Å². The lowest BCUT2D eigenvalue weighted by molar-refractivity contribution is -0.131. The van der Waals surface area contributed by atoms with E-state index in [4.69, 9.17) is 0 Å². The van der Waals surface area contributed by atoms with Gasteiger partial charge in [0.1, 0.15) is 0 Å². The molecule has 0 unspecified atom stereocenters. The molecule has 0 heterocycles. The first-order chi connectivity index (χ1) is 14.8. The normalized spacial score (nSPS) is 10.5. The minimum absolute atomic E-state index is 0.131. The second kappa shape index (κ2) is 9.71. The zero-order chi connectivity index (χ0) is 20.6. The van der Waals surface area contributed by atoms with E-state index in [-0.39, 0.29) is 5.91 Å². The summed E-state index contributed by atoms with van der Waals surface area (Å²) in [4.78, 5) is 15.4. The van der Waals surface area contributed by atoms with Gasteiger partial charge in [-0.25, -0.2) is 0 Å². The van der Waals surface area contributed by atoms with Gasteiger partial charge < -0.3 is 4.90 Å². The number of hydrogen-bond acceptors (Lipinski definition) is 1. The number of carbonyl (C=O) groups is 1. The number of nitrogens with zero attached hydrogens (tertiary/aromatic N) is 1. The van der Waals surface area contributed by atoms with Crippen molar-refractivity contribution in [2.45, 2.75) is 19.5 Å². The maximum absolute atomic E-state index is 13.4. The van der Waals surface area contributed by atoms with Crippen LogP contribution in [0, 0.1) is 0 Å². The molecular formula is C28H25NO. The predicted octanol–water partition coefficient (Wildman–Crippen LogP) is 6.13. The van der Waals surface area contributed by atoms with Crippen LogP contribution in [0.15, 0.2) is 115 Å². The molecule has 0 aliphatic carbocycles. The Balaban J connectivity index is 1.59. The summed E-state index contributed by atoms with van der Waals surface area (Å²) < 4.78 is 0. The molecule has 0 bridgehead atoms. The first-order valence-corrected chi connectivity index (χ1v) is 10.3. The van der Waals surface area contributed by atoms with Crippen molar-refractivity contribution in [2.75, 3.05) is 0 Å². The second-order valence-corrected chi connectivity index (χ2v) is 7.42. The lowest BCUT2D eigenvalue weighted by Crippen LogP contribution is -2.31. The zero-order valence-corrected chi connectivity index (χ0v) is 16.9. The van der Waals surface area contributed by atoms with Gasteiger partial charge in [0.15, 0.2) is 0 Å². The van der Waals surface area contributed by atoms with Crippen molar-refractivity contribution in [2.24, 2.45) is 0 Å². The first kappa shape index (κ1) is 19.7. The number of hydrogen-bond donors (Lipinski definition) is 0. The molecule has 2 heteroatoms. The van der Waals surface area contributed by atoms with Crippen LogP contribution < -0.4 is 0 Å². The number of rotatable bonds is 7. The fourth-order valence-electron chi connectivity index (χ4n) is 3.69. The Bertz CT molecular complexity index is 1030. The van der Waals surface area contributed by atoms with E-state index in [1.54, 1.807) is 0 Å². The molecule has 0 aromatic heterocycles. The van der Waals surface area contributed by atoms with Crippen LogP contribution in [0.2, 0.25) is 0 Å². The Labute approximate surface area is 178 Å². The van der Waals surface area contributed by atoms with Gasteiger partial charge in [0.05, 0.1) is 6.42 Å². The third-order valence-electron chi connectivity index (χ3n) is 5.23. The van der Waals surface area contributed by atoms with Gasteiger partial charge >= 0.3 is 0 Å². The fraction of sp³-hybridized carbons (Fsp3) is 0.107. The fourth-order valence-corrected chi connectivity index (χ4v) is 3.69. The minimum atomic E-state index is 0.131. The van der Waals surface area contributed by atoms with E-state index >= 15 is 0 Å². The molecule has 0 aliphatic rings. The van der Waals surface area contributed by atoms with Crippen molar-refractivity contribution in [1.82, 2.24) is 4.90 Å². The molecule has 4 aromatic carbocycles. The van der Waals surface area contributed by atoms with Gasteiger partial charge in [-0.3, -0.25) is 4.79 Å². The largest absolute Gasteiger partial charge is 0.334 e. The second-order valence-electron chi connectivity index (χ2n) is 7.42. The Morgan fingerprint density at radius 1 is 0.567 bits per heavy atom. The van der Waals surface area contributed by atoms with E-state index in [0.717, 1.165) is 27.8 Å². The quantitative estimate of drug-likeness (QED) is 0.371.